The van der Waals surface area contributed by atoms with Gasteiger partial charge >= 0.3 is 5.97 Å². The standard InChI is InChI=1S/C82H157NO5/c1-3-5-7-9-11-13-15-17-19-20-21-41-44-47-50-54-58-62-66-70-74-80(85)79(78-84)83-81(86)75-71-67-63-59-55-51-48-45-42-39-37-35-33-31-29-27-25-23-22-24-26-28-30-32-34-36-38-40-43-46-49-53-57-61-65-69-73-77-88-82(87)76-72-68-64-60-56-52-18-16-14-12-10-8-6-4-2/h22,24,28,30,70,74,79-80,84-85H,3-21,23,25-27,29,31-69,71-73,75-78H2,1-2H3,(H,83,86)/b24-22-,30-28-,74-70+. The van der Waals surface area contributed by atoms with Crippen molar-refractivity contribution in [2.45, 2.75) is 463 Å². The number of carbonyl (C=O) groups is 2. The van der Waals surface area contributed by atoms with Crippen molar-refractivity contribution in [3.05, 3.63) is 36.5 Å². The van der Waals surface area contributed by atoms with E-state index in [4.69, 9.17) is 4.74 Å². The molecule has 0 rings (SSSR count). The van der Waals surface area contributed by atoms with Gasteiger partial charge in [-0.25, -0.2) is 0 Å². The number of esters is 1. The fourth-order valence-corrected chi connectivity index (χ4v) is 12.8. The number of carbonyl (C=O) groups excluding carboxylic acids is 2. The van der Waals surface area contributed by atoms with E-state index in [2.05, 4.69) is 43.5 Å². The molecule has 2 atom stereocenters. The fraction of sp³-hybridized carbons (Fsp3) is 0.902. The molecule has 0 spiro atoms. The largest absolute Gasteiger partial charge is 0.466 e. The average molecular weight is 1240 g/mol. The number of aliphatic hydroxyl groups excluding tert-OH is 2. The van der Waals surface area contributed by atoms with E-state index in [-0.39, 0.29) is 18.5 Å². The Bertz CT molecular complexity index is 1430. The number of amides is 1. The summed E-state index contributed by atoms with van der Waals surface area (Å²) in [5.74, 6) is -0.0394. The van der Waals surface area contributed by atoms with Crippen LogP contribution >= 0.6 is 0 Å². The van der Waals surface area contributed by atoms with Crippen LogP contribution in [0.2, 0.25) is 0 Å². The van der Waals surface area contributed by atoms with Gasteiger partial charge in [0, 0.05) is 12.8 Å². The van der Waals surface area contributed by atoms with Crippen molar-refractivity contribution < 1.29 is 24.5 Å². The first-order chi connectivity index (χ1) is 43.5. The van der Waals surface area contributed by atoms with Gasteiger partial charge in [-0.15, -0.1) is 0 Å². The normalized spacial score (nSPS) is 12.6. The maximum absolute atomic E-state index is 12.5. The second-order valence-electron chi connectivity index (χ2n) is 27.8. The van der Waals surface area contributed by atoms with Crippen LogP contribution in [0.25, 0.3) is 0 Å². The van der Waals surface area contributed by atoms with E-state index in [1.807, 2.05) is 6.08 Å². The van der Waals surface area contributed by atoms with Crippen molar-refractivity contribution in [2.24, 2.45) is 0 Å². The van der Waals surface area contributed by atoms with E-state index in [0.29, 0.717) is 19.4 Å². The molecule has 0 fully saturated rings. The maximum atomic E-state index is 12.5. The Hall–Kier alpha value is -1.92. The van der Waals surface area contributed by atoms with Gasteiger partial charge in [0.15, 0.2) is 0 Å². The highest BCUT2D eigenvalue weighted by Crippen LogP contribution is 2.20. The van der Waals surface area contributed by atoms with Gasteiger partial charge in [0.2, 0.25) is 5.91 Å². The summed E-state index contributed by atoms with van der Waals surface area (Å²) in [5, 5.41) is 23.3. The molecular formula is C82H157NO5. The highest BCUT2D eigenvalue weighted by atomic mass is 16.5. The summed E-state index contributed by atoms with van der Waals surface area (Å²) in [6.45, 7) is 4.95. The molecular weight excluding hydrogens is 1080 g/mol. The van der Waals surface area contributed by atoms with Crippen LogP contribution in [0.3, 0.4) is 0 Å². The number of allylic oxidation sites excluding steroid dienone is 5. The summed E-state index contributed by atoms with van der Waals surface area (Å²) >= 11 is 0. The van der Waals surface area contributed by atoms with E-state index >= 15 is 0 Å². The summed E-state index contributed by atoms with van der Waals surface area (Å²) in [6.07, 6.45) is 101. The molecule has 1 amide bonds. The first kappa shape index (κ1) is 86.1. The molecule has 520 valence electrons. The quantitative estimate of drug-likeness (QED) is 0.0320. The second kappa shape index (κ2) is 77.5. The lowest BCUT2D eigenvalue weighted by atomic mass is 10.0. The minimum absolute atomic E-state index is 0.0216. The van der Waals surface area contributed by atoms with Crippen LogP contribution in [-0.4, -0.2) is 47.4 Å². The molecule has 3 N–H and O–H groups in total. The van der Waals surface area contributed by atoms with E-state index in [1.165, 1.54) is 379 Å². The van der Waals surface area contributed by atoms with Crippen LogP contribution in [0, 0.1) is 0 Å². The monoisotopic (exact) mass is 1240 g/mol. The highest BCUT2D eigenvalue weighted by molar-refractivity contribution is 5.76. The van der Waals surface area contributed by atoms with Crippen LogP contribution in [0.15, 0.2) is 36.5 Å². The predicted octanol–water partition coefficient (Wildman–Crippen LogP) is 26.6. The smallest absolute Gasteiger partial charge is 0.305 e. The lowest BCUT2D eigenvalue weighted by molar-refractivity contribution is -0.143. The summed E-state index contributed by atoms with van der Waals surface area (Å²) < 4.78 is 5.50. The Kier molecular flexibility index (Phi) is 75.8. The van der Waals surface area contributed by atoms with Gasteiger partial charge < -0.3 is 20.3 Å². The Morgan fingerprint density at radius 3 is 0.864 bits per heavy atom. The molecule has 0 aromatic rings. The second-order valence-corrected chi connectivity index (χ2v) is 27.8. The Morgan fingerprint density at radius 1 is 0.318 bits per heavy atom. The molecule has 0 saturated carbocycles. The van der Waals surface area contributed by atoms with E-state index < -0.39 is 12.1 Å². The molecule has 0 saturated heterocycles. The van der Waals surface area contributed by atoms with E-state index in [0.717, 1.165) is 44.9 Å². The number of ether oxygens (including phenoxy) is 1. The van der Waals surface area contributed by atoms with Gasteiger partial charge in [0.05, 0.1) is 25.4 Å². The van der Waals surface area contributed by atoms with Crippen molar-refractivity contribution in [1.82, 2.24) is 5.32 Å². The van der Waals surface area contributed by atoms with Crippen LogP contribution in [0.1, 0.15) is 450 Å². The zero-order valence-electron chi connectivity index (χ0n) is 59.7. The van der Waals surface area contributed by atoms with E-state index in [9.17, 15) is 19.8 Å². The van der Waals surface area contributed by atoms with Gasteiger partial charge in [0.1, 0.15) is 0 Å². The number of nitrogens with one attached hydrogen (secondary N) is 1. The summed E-state index contributed by atoms with van der Waals surface area (Å²) in [5.41, 5.74) is 0. The minimum Gasteiger partial charge on any atom is -0.466 e. The molecule has 0 aliphatic carbocycles. The van der Waals surface area contributed by atoms with Crippen LogP contribution in [0.5, 0.6) is 0 Å². The third-order valence-electron chi connectivity index (χ3n) is 18.9. The number of aliphatic hydroxyl groups is 2. The average Bonchev–Trinajstić information content (AvgIpc) is 3.58. The Balaban J connectivity index is 3.38. The van der Waals surface area contributed by atoms with Crippen molar-refractivity contribution in [2.75, 3.05) is 13.2 Å². The van der Waals surface area contributed by atoms with Crippen LogP contribution in [-0.2, 0) is 14.3 Å². The summed E-state index contributed by atoms with van der Waals surface area (Å²) in [7, 11) is 0. The summed E-state index contributed by atoms with van der Waals surface area (Å²) in [6, 6.07) is -0.627. The van der Waals surface area contributed by atoms with Gasteiger partial charge in [0.25, 0.3) is 0 Å². The van der Waals surface area contributed by atoms with Gasteiger partial charge in [-0.2, -0.15) is 0 Å². The predicted molar refractivity (Wildman–Crippen MR) is 389 cm³/mol. The molecule has 0 bridgehead atoms. The molecule has 88 heavy (non-hydrogen) atoms. The third-order valence-corrected chi connectivity index (χ3v) is 18.9. The number of hydrogen-bond acceptors (Lipinski definition) is 5. The zero-order chi connectivity index (χ0) is 63.5. The van der Waals surface area contributed by atoms with Gasteiger partial charge in [-0.05, 0) is 64.2 Å². The summed E-state index contributed by atoms with van der Waals surface area (Å²) in [4.78, 5) is 24.6. The molecule has 0 aliphatic heterocycles. The molecule has 0 aromatic carbocycles. The molecule has 6 heteroatoms. The van der Waals surface area contributed by atoms with Crippen molar-refractivity contribution in [1.29, 1.82) is 0 Å². The first-order valence-corrected chi connectivity index (χ1v) is 40.3. The molecule has 0 aromatic heterocycles. The lowest BCUT2D eigenvalue weighted by Gasteiger charge is -2.20. The molecule has 0 heterocycles. The zero-order valence-corrected chi connectivity index (χ0v) is 59.7. The van der Waals surface area contributed by atoms with Gasteiger partial charge in [-0.3, -0.25) is 9.59 Å². The minimum atomic E-state index is -0.844. The van der Waals surface area contributed by atoms with Gasteiger partial charge in [-0.1, -0.05) is 410 Å². The highest BCUT2D eigenvalue weighted by Gasteiger charge is 2.18. The molecule has 6 nitrogen and oxygen atoms in total. The third kappa shape index (κ3) is 73.1. The number of hydrogen-bond donors (Lipinski definition) is 3. The van der Waals surface area contributed by atoms with Crippen molar-refractivity contribution in [3.63, 3.8) is 0 Å². The number of rotatable bonds is 76. The van der Waals surface area contributed by atoms with Crippen molar-refractivity contribution in [3.8, 4) is 0 Å². The fourth-order valence-electron chi connectivity index (χ4n) is 12.8. The molecule has 0 radical (unpaired) electrons. The van der Waals surface area contributed by atoms with E-state index in [1.54, 1.807) is 6.08 Å². The lowest BCUT2D eigenvalue weighted by Crippen LogP contribution is -2.45. The SMILES string of the molecule is CCCCCCCCCCCCCCCCCCCC/C=C/C(O)C(CO)NC(=O)CCCCCCCCCCCCCCCCCCC/C=C\C/C=C\CCCCCCCCCCCCCCCOC(=O)CCCCCCCCCCCCCCCC. The Labute approximate surface area is 551 Å². The first-order valence-electron chi connectivity index (χ1n) is 40.3. The van der Waals surface area contributed by atoms with Crippen LogP contribution < -0.4 is 5.32 Å². The topological polar surface area (TPSA) is 95.9 Å². The number of unbranched alkanes of at least 4 members (excludes halogenated alkanes) is 61. The molecule has 2 unspecified atom stereocenters. The Morgan fingerprint density at radius 2 is 0.568 bits per heavy atom. The maximum Gasteiger partial charge on any atom is 0.305 e. The molecule has 0 aliphatic rings. The van der Waals surface area contributed by atoms with Crippen molar-refractivity contribution >= 4 is 11.9 Å². The van der Waals surface area contributed by atoms with Crippen LogP contribution in [0.4, 0.5) is 0 Å².